The van der Waals surface area contributed by atoms with Crippen LogP contribution >= 0.6 is 11.3 Å². The molecule has 0 atom stereocenters. The predicted molar refractivity (Wildman–Crippen MR) is 104 cm³/mol. The molecule has 8 heteroatoms. The van der Waals surface area contributed by atoms with Crippen LogP contribution in [0.1, 0.15) is 29.0 Å². The number of fused-ring (bicyclic) bond motifs is 1. The van der Waals surface area contributed by atoms with Crippen LogP contribution in [0.2, 0.25) is 0 Å². The number of thiazole rings is 1. The minimum Gasteiger partial charge on any atom is -0.297 e. The molecular formula is C19H21N5O2S. The van der Waals surface area contributed by atoms with E-state index in [4.69, 9.17) is 0 Å². The third-order valence-electron chi connectivity index (χ3n) is 4.75. The number of hydrazone groups is 1. The van der Waals surface area contributed by atoms with Gasteiger partial charge in [0, 0.05) is 50.8 Å². The normalized spacial score (nSPS) is 17.4. The van der Waals surface area contributed by atoms with E-state index in [1.54, 1.807) is 7.05 Å². The number of nitrogens with one attached hydrogen (secondary N) is 1. The van der Waals surface area contributed by atoms with Crippen molar-refractivity contribution in [3.8, 4) is 0 Å². The van der Waals surface area contributed by atoms with Gasteiger partial charge in [0.25, 0.3) is 5.91 Å². The summed E-state index contributed by atoms with van der Waals surface area (Å²) in [6.07, 6.45) is 1.56. The summed E-state index contributed by atoms with van der Waals surface area (Å²) in [4.78, 5) is 32.1. The van der Waals surface area contributed by atoms with E-state index < -0.39 is 0 Å². The Kier molecular flexibility index (Phi) is 5.00. The zero-order valence-corrected chi connectivity index (χ0v) is 16.0. The highest BCUT2D eigenvalue weighted by atomic mass is 32.1. The van der Waals surface area contributed by atoms with Gasteiger partial charge in [0.15, 0.2) is 5.13 Å². The van der Waals surface area contributed by atoms with Crippen LogP contribution in [0, 0.1) is 0 Å². The summed E-state index contributed by atoms with van der Waals surface area (Å²) in [7, 11) is 1.57. The van der Waals surface area contributed by atoms with Gasteiger partial charge in [-0.05, 0) is 5.56 Å². The third kappa shape index (κ3) is 4.06. The Morgan fingerprint density at radius 2 is 2.04 bits per heavy atom. The fourth-order valence-electron chi connectivity index (χ4n) is 3.28. The molecule has 2 aromatic rings. The number of benzene rings is 1. The van der Waals surface area contributed by atoms with Crippen molar-refractivity contribution in [2.75, 3.05) is 18.9 Å². The second-order valence-electron chi connectivity index (χ2n) is 6.75. The van der Waals surface area contributed by atoms with Crippen molar-refractivity contribution in [1.82, 2.24) is 14.9 Å². The standard InChI is InChI=1S/C19H21N5O2S/c1-23-17(25)8-7-15(22-23)18(26)21-19-20-14-9-10-24(12-16(14)27-19)11-13-5-3-2-4-6-13/h2-6H,7-12H2,1H3,(H,20,21,26). The van der Waals surface area contributed by atoms with Gasteiger partial charge in [-0.2, -0.15) is 5.10 Å². The summed E-state index contributed by atoms with van der Waals surface area (Å²) in [5.74, 6) is -0.351. The highest BCUT2D eigenvalue weighted by Crippen LogP contribution is 2.29. The molecule has 0 bridgehead atoms. The number of anilines is 1. The molecule has 2 aliphatic heterocycles. The molecule has 0 radical (unpaired) electrons. The second kappa shape index (κ2) is 7.58. The number of amides is 2. The first kappa shape index (κ1) is 17.8. The molecule has 7 nitrogen and oxygen atoms in total. The molecule has 0 spiro atoms. The maximum Gasteiger partial charge on any atom is 0.273 e. The van der Waals surface area contributed by atoms with Crippen molar-refractivity contribution in [3.63, 3.8) is 0 Å². The van der Waals surface area contributed by atoms with Gasteiger partial charge < -0.3 is 0 Å². The molecule has 27 heavy (non-hydrogen) atoms. The van der Waals surface area contributed by atoms with Crippen LogP contribution in [0.5, 0.6) is 0 Å². The largest absolute Gasteiger partial charge is 0.297 e. The van der Waals surface area contributed by atoms with Crippen molar-refractivity contribution < 1.29 is 9.59 Å². The van der Waals surface area contributed by atoms with Gasteiger partial charge in [0.2, 0.25) is 5.91 Å². The number of hydrogen-bond acceptors (Lipinski definition) is 6. The molecule has 3 heterocycles. The Labute approximate surface area is 161 Å². The monoisotopic (exact) mass is 383 g/mol. The van der Waals surface area contributed by atoms with Crippen LogP contribution in [-0.4, -0.2) is 46.0 Å². The summed E-state index contributed by atoms with van der Waals surface area (Å²) >= 11 is 1.52. The smallest absolute Gasteiger partial charge is 0.273 e. The summed E-state index contributed by atoms with van der Waals surface area (Å²) in [5, 5.41) is 8.74. The van der Waals surface area contributed by atoms with Crippen LogP contribution in [0.25, 0.3) is 0 Å². The number of carbonyl (C=O) groups is 2. The molecule has 2 amide bonds. The van der Waals surface area contributed by atoms with Crippen molar-refractivity contribution >= 4 is 34.0 Å². The van der Waals surface area contributed by atoms with Crippen molar-refractivity contribution in [2.24, 2.45) is 5.10 Å². The molecule has 1 N–H and O–H groups in total. The minimum absolute atomic E-state index is 0.0743. The highest BCUT2D eigenvalue weighted by molar-refractivity contribution is 7.16. The molecule has 4 rings (SSSR count). The van der Waals surface area contributed by atoms with Crippen molar-refractivity contribution in [2.45, 2.75) is 32.4 Å². The van der Waals surface area contributed by atoms with Crippen LogP contribution in [-0.2, 0) is 29.1 Å². The fourth-order valence-corrected chi connectivity index (χ4v) is 4.33. The van der Waals surface area contributed by atoms with Gasteiger partial charge in [0.1, 0.15) is 5.71 Å². The van der Waals surface area contributed by atoms with Gasteiger partial charge in [0.05, 0.1) is 5.69 Å². The van der Waals surface area contributed by atoms with E-state index in [-0.39, 0.29) is 11.8 Å². The van der Waals surface area contributed by atoms with E-state index in [0.29, 0.717) is 23.7 Å². The lowest BCUT2D eigenvalue weighted by molar-refractivity contribution is -0.130. The Bertz CT molecular complexity index is 893. The predicted octanol–water partition coefficient (Wildman–Crippen LogP) is 2.25. The zero-order valence-electron chi connectivity index (χ0n) is 15.1. The lowest BCUT2D eigenvalue weighted by atomic mass is 10.1. The highest BCUT2D eigenvalue weighted by Gasteiger charge is 2.25. The molecule has 0 saturated heterocycles. The lowest BCUT2D eigenvalue weighted by Gasteiger charge is -2.25. The number of rotatable bonds is 4. The summed E-state index contributed by atoms with van der Waals surface area (Å²) in [6.45, 7) is 2.71. The molecule has 1 aromatic carbocycles. The number of aromatic nitrogens is 1. The van der Waals surface area contributed by atoms with Crippen molar-refractivity contribution in [3.05, 3.63) is 46.5 Å². The molecule has 0 fully saturated rings. The van der Waals surface area contributed by atoms with Crippen LogP contribution in [0.3, 0.4) is 0 Å². The van der Waals surface area contributed by atoms with Gasteiger partial charge in [-0.25, -0.2) is 9.99 Å². The van der Waals surface area contributed by atoms with E-state index >= 15 is 0 Å². The second-order valence-corrected chi connectivity index (χ2v) is 7.84. The third-order valence-corrected chi connectivity index (χ3v) is 5.75. The Morgan fingerprint density at radius 3 is 2.81 bits per heavy atom. The Morgan fingerprint density at radius 1 is 1.22 bits per heavy atom. The summed E-state index contributed by atoms with van der Waals surface area (Å²) < 4.78 is 0. The van der Waals surface area contributed by atoms with Crippen LogP contribution in [0.4, 0.5) is 5.13 Å². The Balaban J connectivity index is 1.40. The quantitative estimate of drug-likeness (QED) is 0.878. The zero-order chi connectivity index (χ0) is 18.8. The molecule has 0 unspecified atom stereocenters. The molecule has 1 aromatic heterocycles. The van der Waals surface area contributed by atoms with Gasteiger partial charge in [-0.1, -0.05) is 30.3 Å². The first-order valence-electron chi connectivity index (χ1n) is 8.99. The molecule has 2 aliphatic rings. The SMILES string of the molecule is CN1N=C(C(=O)Nc2nc3c(s2)CN(Cc2ccccc2)CC3)CCC1=O. The fraction of sp³-hybridized carbons (Fsp3) is 0.368. The molecule has 0 saturated carbocycles. The number of hydrogen-bond donors (Lipinski definition) is 1. The van der Waals surface area contributed by atoms with Gasteiger partial charge in [-0.15, -0.1) is 11.3 Å². The maximum absolute atomic E-state index is 12.4. The van der Waals surface area contributed by atoms with E-state index in [1.807, 2.05) is 6.07 Å². The molecule has 140 valence electrons. The van der Waals surface area contributed by atoms with Crippen LogP contribution < -0.4 is 5.32 Å². The van der Waals surface area contributed by atoms with Crippen molar-refractivity contribution in [1.29, 1.82) is 0 Å². The molecular weight excluding hydrogens is 362 g/mol. The van der Waals surface area contributed by atoms with E-state index in [0.717, 1.165) is 31.7 Å². The van der Waals surface area contributed by atoms with Crippen LogP contribution in [0.15, 0.2) is 35.4 Å². The van der Waals surface area contributed by atoms with Gasteiger partial charge >= 0.3 is 0 Å². The average molecular weight is 383 g/mol. The summed E-state index contributed by atoms with van der Waals surface area (Å²) in [6, 6.07) is 10.4. The number of nitrogens with zero attached hydrogens (tertiary/aromatic N) is 4. The maximum atomic E-state index is 12.4. The van der Waals surface area contributed by atoms with E-state index in [2.05, 4.69) is 44.6 Å². The summed E-state index contributed by atoms with van der Waals surface area (Å²) in [5.41, 5.74) is 2.74. The molecule has 0 aliphatic carbocycles. The Hall–Kier alpha value is -2.58. The van der Waals surface area contributed by atoms with Gasteiger partial charge in [-0.3, -0.25) is 19.8 Å². The first-order chi connectivity index (χ1) is 13.1. The average Bonchev–Trinajstić information content (AvgIpc) is 3.06. The van der Waals surface area contributed by atoms with E-state index in [9.17, 15) is 9.59 Å². The number of carbonyl (C=O) groups excluding carboxylic acids is 2. The first-order valence-corrected chi connectivity index (χ1v) is 9.80. The topological polar surface area (TPSA) is 77.9 Å². The minimum atomic E-state index is -0.276. The lowest BCUT2D eigenvalue weighted by Crippen LogP contribution is -2.34. The van der Waals surface area contributed by atoms with E-state index in [1.165, 1.54) is 26.8 Å².